The second-order valence-electron chi connectivity index (χ2n) is 18.0. The lowest BCUT2D eigenvalue weighted by molar-refractivity contribution is -0.305. The SMILES string of the molecule is CC\C=C/C=C/C=C/C=C\C=C\C=C\CCCCC(O)C(=O)NC(COC1OC(CO)C(O)C(O)C1OC(=O)CC/C=C/C/C=C\CCCCCCCC)C(O)/C=C/CCCCCCCCCCC. The molecule has 1 saturated heterocycles. The third kappa shape index (κ3) is 34.3. The highest BCUT2D eigenvalue weighted by atomic mass is 16.7. The molecule has 1 rings (SSSR count). The molecule has 11 nitrogen and oxygen atoms in total. The van der Waals surface area contributed by atoms with Gasteiger partial charge in [-0.1, -0.05) is 220 Å². The molecule has 0 saturated carbocycles. The molecule has 8 unspecified atom stereocenters. The molecule has 0 aliphatic carbocycles. The Kier molecular flexibility index (Phi) is 41.7. The fourth-order valence-electron chi connectivity index (χ4n) is 7.56. The van der Waals surface area contributed by atoms with Crippen molar-refractivity contribution < 1.29 is 49.3 Å². The topological polar surface area (TPSA) is 175 Å². The van der Waals surface area contributed by atoms with Crippen molar-refractivity contribution in [1.29, 1.82) is 0 Å². The van der Waals surface area contributed by atoms with Crippen LogP contribution in [-0.2, 0) is 23.8 Å². The summed E-state index contributed by atoms with van der Waals surface area (Å²) >= 11 is 0. The number of carbonyl (C=O) groups is 2. The predicted octanol–water partition coefficient (Wildman–Crippen LogP) is 11.4. The number of unbranched alkanes of at least 4 members (excludes halogenated alkanes) is 17. The molecule has 392 valence electrons. The number of esters is 1. The first-order chi connectivity index (χ1) is 33.7. The van der Waals surface area contributed by atoms with Crippen LogP contribution >= 0.6 is 0 Å². The molecule has 1 heterocycles. The van der Waals surface area contributed by atoms with E-state index in [0.29, 0.717) is 12.8 Å². The fraction of sp³-hybridized carbons (Fsp3) is 0.655. The summed E-state index contributed by atoms with van der Waals surface area (Å²) in [5.41, 5.74) is 0. The third-order valence-corrected chi connectivity index (χ3v) is 11.8. The van der Waals surface area contributed by atoms with E-state index in [-0.39, 0.29) is 19.4 Å². The lowest BCUT2D eigenvalue weighted by Crippen LogP contribution is -2.61. The van der Waals surface area contributed by atoms with Crippen molar-refractivity contribution in [3.05, 3.63) is 109 Å². The van der Waals surface area contributed by atoms with Gasteiger partial charge in [0.25, 0.3) is 0 Å². The van der Waals surface area contributed by atoms with Crippen molar-refractivity contribution in [3.63, 3.8) is 0 Å². The molecule has 0 radical (unpaired) electrons. The second kappa shape index (κ2) is 45.5. The van der Waals surface area contributed by atoms with Crippen LogP contribution in [0.4, 0.5) is 0 Å². The molecular weight excluding hydrogens is 871 g/mol. The number of rotatable bonds is 42. The van der Waals surface area contributed by atoms with Crippen LogP contribution in [0.5, 0.6) is 0 Å². The Morgan fingerprint density at radius 3 is 1.68 bits per heavy atom. The number of amides is 1. The minimum atomic E-state index is -1.65. The first-order valence-corrected chi connectivity index (χ1v) is 26.7. The van der Waals surface area contributed by atoms with Gasteiger partial charge in [-0.3, -0.25) is 9.59 Å². The van der Waals surface area contributed by atoms with Gasteiger partial charge < -0.3 is 45.1 Å². The maximum Gasteiger partial charge on any atom is 0.306 e. The molecule has 1 aliphatic heterocycles. The average molecular weight is 966 g/mol. The summed E-state index contributed by atoms with van der Waals surface area (Å²) in [7, 11) is 0. The normalized spacial score (nSPS) is 20.7. The lowest BCUT2D eigenvalue weighted by atomic mass is 9.99. The van der Waals surface area contributed by atoms with E-state index in [0.717, 1.165) is 57.8 Å². The van der Waals surface area contributed by atoms with Crippen LogP contribution in [-0.4, -0.2) is 99.6 Å². The number of hydrogen-bond acceptors (Lipinski definition) is 10. The summed E-state index contributed by atoms with van der Waals surface area (Å²) in [5, 5.41) is 56.5. The molecule has 11 heteroatoms. The largest absolute Gasteiger partial charge is 0.454 e. The highest BCUT2D eigenvalue weighted by Crippen LogP contribution is 2.26. The maximum atomic E-state index is 13.3. The summed E-state index contributed by atoms with van der Waals surface area (Å²) in [6.45, 7) is 5.52. The number of carbonyl (C=O) groups excluding carboxylic acids is 2. The van der Waals surface area contributed by atoms with E-state index in [1.54, 1.807) is 6.08 Å². The molecule has 0 spiro atoms. The number of aliphatic hydroxyl groups excluding tert-OH is 5. The predicted molar refractivity (Wildman–Crippen MR) is 282 cm³/mol. The molecule has 0 aromatic carbocycles. The van der Waals surface area contributed by atoms with Crippen LogP contribution in [0.3, 0.4) is 0 Å². The summed E-state index contributed by atoms with van der Waals surface area (Å²) < 4.78 is 17.4. The van der Waals surface area contributed by atoms with Crippen LogP contribution in [0.1, 0.15) is 181 Å². The zero-order valence-electron chi connectivity index (χ0n) is 42.9. The van der Waals surface area contributed by atoms with Crippen LogP contribution in [0.15, 0.2) is 109 Å². The Hall–Kier alpha value is -3.68. The molecule has 1 fully saturated rings. The Morgan fingerprint density at radius 1 is 0.594 bits per heavy atom. The summed E-state index contributed by atoms with van der Waals surface area (Å²) in [6, 6.07) is -1.06. The third-order valence-electron chi connectivity index (χ3n) is 11.8. The van der Waals surface area contributed by atoms with Crippen molar-refractivity contribution in [3.8, 4) is 0 Å². The number of aliphatic hydroxyl groups is 5. The lowest BCUT2D eigenvalue weighted by Gasteiger charge is -2.41. The van der Waals surface area contributed by atoms with Gasteiger partial charge in [-0.2, -0.15) is 0 Å². The smallest absolute Gasteiger partial charge is 0.306 e. The highest BCUT2D eigenvalue weighted by molar-refractivity contribution is 5.80. The van der Waals surface area contributed by atoms with Crippen LogP contribution in [0, 0.1) is 0 Å². The Balaban J connectivity index is 2.85. The molecule has 0 bridgehead atoms. The van der Waals surface area contributed by atoms with E-state index in [2.05, 4.69) is 44.3 Å². The zero-order chi connectivity index (χ0) is 50.4. The molecule has 1 amide bonds. The van der Waals surface area contributed by atoms with Gasteiger partial charge in [0.05, 0.1) is 25.4 Å². The highest BCUT2D eigenvalue weighted by Gasteiger charge is 2.47. The Labute approximate surface area is 418 Å². The van der Waals surface area contributed by atoms with Crippen molar-refractivity contribution >= 4 is 11.9 Å². The molecule has 8 atom stereocenters. The van der Waals surface area contributed by atoms with Gasteiger partial charge in [0.15, 0.2) is 12.4 Å². The van der Waals surface area contributed by atoms with Gasteiger partial charge in [-0.15, -0.1) is 0 Å². The van der Waals surface area contributed by atoms with Crippen molar-refractivity contribution in [1.82, 2.24) is 5.32 Å². The molecule has 0 aromatic rings. The number of ether oxygens (including phenoxy) is 3. The van der Waals surface area contributed by atoms with E-state index < -0.39 is 67.4 Å². The van der Waals surface area contributed by atoms with E-state index in [9.17, 15) is 35.1 Å². The minimum absolute atomic E-state index is 0.00565. The van der Waals surface area contributed by atoms with E-state index >= 15 is 0 Å². The van der Waals surface area contributed by atoms with E-state index in [1.165, 1.54) is 77.0 Å². The van der Waals surface area contributed by atoms with E-state index in [4.69, 9.17) is 14.2 Å². The Bertz CT molecular complexity index is 1530. The molecular formula is C58H95NO10. The maximum absolute atomic E-state index is 13.3. The summed E-state index contributed by atoms with van der Waals surface area (Å²) in [6.07, 6.45) is 50.1. The molecule has 0 aromatic heterocycles. The van der Waals surface area contributed by atoms with Gasteiger partial charge in [0, 0.05) is 6.42 Å². The van der Waals surface area contributed by atoms with Crippen LogP contribution < -0.4 is 5.32 Å². The van der Waals surface area contributed by atoms with Gasteiger partial charge in [-0.05, 0) is 64.2 Å². The van der Waals surface area contributed by atoms with Crippen LogP contribution in [0.2, 0.25) is 0 Å². The molecule has 69 heavy (non-hydrogen) atoms. The first-order valence-electron chi connectivity index (χ1n) is 26.7. The minimum Gasteiger partial charge on any atom is -0.454 e. The monoisotopic (exact) mass is 966 g/mol. The number of nitrogens with one attached hydrogen (secondary N) is 1. The van der Waals surface area contributed by atoms with Gasteiger partial charge >= 0.3 is 5.97 Å². The fourth-order valence-corrected chi connectivity index (χ4v) is 7.56. The molecule has 1 aliphatic rings. The van der Waals surface area contributed by atoms with Crippen molar-refractivity contribution in [2.75, 3.05) is 13.2 Å². The van der Waals surface area contributed by atoms with E-state index in [1.807, 2.05) is 85.1 Å². The van der Waals surface area contributed by atoms with Crippen molar-refractivity contribution in [2.45, 2.75) is 230 Å². The van der Waals surface area contributed by atoms with Gasteiger partial charge in [0.2, 0.25) is 5.91 Å². The standard InChI is InChI=1S/C58H95NO10/c1-4-7-10-13-16-19-22-24-25-26-28-30-33-36-39-42-45-51(62)57(66)59-49(50(61)44-41-38-35-32-29-21-18-15-12-9-6-3)48-67-58-56(55(65)54(64)52(47-60)68-58)69-53(63)46-43-40-37-34-31-27-23-20-17-14-11-8-5-2/h7,10,13,16,19,22,24-28,30-31,33,37,40-41,44,49-52,54-56,58,60-62,64-65H,4-6,8-9,11-12,14-15,17-18,20-21,23,29,32,34-36,38-39,42-43,45-48H2,1-3H3,(H,59,66)/b10-7-,16-13+,22-19+,25-24-,28-26+,31-27-,33-30+,40-37+,44-41+. The number of hydrogen-bond donors (Lipinski definition) is 6. The Morgan fingerprint density at radius 2 is 1.10 bits per heavy atom. The van der Waals surface area contributed by atoms with Gasteiger partial charge in [0.1, 0.15) is 24.4 Å². The van der Waals surface area contributed by atoms with Gasteiger partial charge in [-0.25, -0.2) is 0 Å². The van der Waals surface area contributed by atoms with Crippen molar-refractivity contribution in [2.24, 2.45) is 0 Å². The van der Waals surface area contributed by atoms with Crippen LogP contribution in [0.25, 0.3) is 0 Å². The summed E-state index contributed by atoms with van der Waals surface area (Å²) in [5.74, 6) is -1.33. The zero-order valence-corrected chi connectivity index (χ0v) is 42.9. The quantitative estimate of drug-likeness (QED) is 0.0149. The number of allylic oxidation sites excluding steroid dienone is 17. The molecule has 6 N–H and O–H groups in total. The second-order valence-corrected chi connectivity index (χ2v) is 18.0. The first kappa shape index (κ1) is 63.3. The average Bonchev–Trinajstić information content (AvgIpc) is 3.34. The summed E-state index contributed by atoms with van der Waals surface area (Å²) in [4.78, 5) is 26.3.